The van der Waals surface area contributed by atoms with Crippen molar-refractivity contribution in [2.24, 2.45) is 0 Å². The summed E-state index contributed by atoms with van der Waals surface area (Å²) in [5.41, 5.74) is 4.03. The van der Waals surface area contributed by atoms with Crippen molar-refractivity contribution in [1.29, 1.82) is 0 Å². The van der Waals surface area contributed by atoms with E-state index in [1.807, 2.05) is 6.07 Å². The molecule has 1 aliphatic carbocycles. The number of nitrogens with zero attached hydrogens (tertiary/aromatic N) is 1. The number of fused-ring (bicyclic) bond motifs is 3. The number of halogens is 1. The number of carbonyl (C=O) groups is 1. The minimum absolute atomic E-state index is 0.213. The third kappa shape index (κ3) is 1.90. The highest BCUT2D eigenvalue weighted by Crippen LogP contribution is 2.39. The van der Waals surface area contributed by atoms with E-state index in [1.54, 1.807) is 18.2 Å². The van der Waals surface area contributed by atoms with Crippen LogP contribution in [0.15, 0.2) is 28.9 Å². The van der Waals surface area contributed by atoms with Gasteiger partial charge in [-0.2, -0.15) is 0 Å². The lowest BCUT2D eigenvalue weighted by Crippen LogP contribution is -2.06. The van der Waals surface area contributed by atoms with E-state index in [0.29, 0.717) is 16.6 Å². The standard InChI is InChI=1S/C14H10BrNO3/c1-19-14(18)11-6-12(15)16-13-9-3-2-8(17)4-7(9)5-10(11)13/h2-4,6,17H,5H2,1H3. The smallest absolute Gasteiger partial charge is 0.338 e. The normalized spacial score (nSPS) is 11.9. The van der Waals surface area contributed by atoms with Crippen molar-refractivity contribution in [3.8, 4) is 17.0 Å². The minimum Gasteiger partial charge on any atom is -0.508 e. The molecule has 2 aromatic rings. The molecular weight excluding hydrogens is 310 g/mol. The second-order valence-corrected chi connectivity index (χ2v) is 5.14. The quantitative estimate of drug-likeness (QED) is 0.553. The molecule has 0 radical (unpaired) electrons. The van der Waals surface area contributed by atoms with Crippen molar-refractivity contribution in [3.63, 3.8) is 0 Å². The Morgan fingerprint density at radius 1 is 1.42 bits per heavy atom. The predicted octanol–water partition coefficient (Wildman–Crippen LogP) is 2.91. The zero-order valence-electron chi connectivity index (χ0n) is 10.1. The Morgan fingerprint density at radius 3 is 2.95 bits per heavy atom. The second kappa shape index (κ2) is 4.35. The van der Waals surface area contributed by atoms with E-state index in [9.17, 15) is 9.90 Å². The summed E-state index contributed by atoms with van der Waals surface area (Å²) in [6.45, 7) is 0. The van der Waals surface area contributed by atoms with Gasteiger partial charge in [0.05, 0.1) is 18.4 Å². The molecule has 0 spiro atoms. The first-order chi connectivity index (χ1) is 9.10. The molecule has 0 amide bonds. The Kier molecular flexibility index (Phi) is 2.78. The maximum Gasteiger partial charge on any atom is 0.338 e. The van der Waals surface area contributed by atoms with Gasteiger partial charge >= 0.3 is 5.97 Å². The van der Waals surface area contributed by atoms with Crippen LogP contribution in [0.25, 0.3) is 11.3 Å². The van der Waals surface area contributed by atoms with Gasteiger partial charge in [-0.3, -0.25) is 0 Å². The van der Waals surface area contributed by atoms with Crippen LogP contribution in [-0.2, 0) is 11.2 Å². The number of pyridine rings is 1. The zero-order valence-corrected chi connectivity index (χ0v) is 11.7. The number of carbonyl (C=O) groups excluding carboxylic acids is 1. The summed E-state index contributed by atoms with van der Waals surface area (Å²) in [6.07, 6.45) is 0.573. The van der Waals surface area contributed by atoms with Crippen molar-refractivity contribution in [3.05, 3.63) is 45.6 Å². The molecule has 0 fully saturated rings. The van der Waals surface area contributed by atoms with E-state index in [4.69, 9.17) is 4.74 Å². The number of hydrogen-bond acceptors (Lipinski definition) is 4. The maximum atomic E-state index is 11.8. The average molecular weight is 320 g/mol. The molecule has 0 saturated heterocycles. The second-order valence-electron chi connectivity index (χ2n) is 4.33. The molecule has 1 N–H and O–H groups in total. The number of aromatic nitrogens is 1. The molecule has 19 heavy (non-hydrogen) atoms. The Labute approximate surface area is 118 Å². The third-order valence-electron chi connectivity index (χ3n) is 3.21. The summed E-state index contributed by atoms with van der Waals surface area (Å²) in [4.78, 5) is 16.3. The summed E-state index contributed by atoms with van der Waals surface area (Å²) in [5.74, 6) is -0.165. The van der Waals surface area contributed by atoms with Crippen molar-refractivity contribution in [2.45, 2.75) is 6.42 Å². The number of esters is 1. The first kappa shape index (κ1) is 12.2. The van der Waals surface area contributed by atoms with E-state index in [1.165, 1.54) is 7.11 Å². The molecule has 96 valence electrons. The summed E-state index contributed by atoms with van der Waals surface area (Å²) in [7, 11) is 1.36. The van der Waals surface area contributed by atoms with Crippen LogP contribution < -0.4 is 0 Å². The van der Waals surface area contributed by atoms with E-state index in [2.05, 4.69) is 20.9 Å². The lowest BCUT2D eigenvalue weighted by atomic mass is 10.1. The van der Waals surface area contributed by atoms with Gasteiger partial charge in [0.2, 0.25) is 0 Å². The number of phenols is 1. The van der Waals surface area contributed by atoms with Gasteiger partial charge in [-0.1, -0.05) is 0 Å². The van der Waals surface area contributed by atoms with E-state index < -0.39 is 0 Å². The largest absolute Gasteiger partial charge is 0.508 e. The number of methoxy groups -OCH3 is 1. The first-order valence-corrected chi connectivity index (χ1v) is 6.49. The highest BCUT2D eigenvalue weighted by molar-refractivity contribution is 9.10. The molecule has 0 unspecified atom stereocenters. The fourth-order valence-electron chi connectivity index (χ4n) is 2.38. The third-order valence-corrected chi connectivity index (χ3v) is 3.62. The average Bonchev–Trinajstić information content (AvgIpc) is 2.74. The molecule has 1 heterocycles. The number of phenolic OH excluding ortho intramolecular Hbond substituents is 1. The zero-order chi connectivity index (χ0) is 13.6. The monoisotopic (exact) mass is 319 g/mol. The number of rotatable bonds is 1. The molecular formula is C14H10BrNO3. The highest BCUT2D eigenvalue weighted by Gasteiger charge is 2.26. The first-order valence-electron chi connectivity index (χ1n) is 5.70. The molecule has 5 heteroatoms. The van der Waals surface area contributed by atoms with Crippen molar-refractivity contribution < 1.29 is 14.6 Å². The maximum absolute atomic E-state index is 11.8. The molecule has 4 nitrogen and oxygen atoms in total. The van der Waals surface area contributed by atoms with Gasteiger partial charge in [0.25, 0.3) is 0 Å². The lowest BCUT2D eigenvalue weighted by Gasteiger charge is -2.06. The number of aromatic hydroxyl groups is 1. The molecule has 3 rings (SSSR count). The molecule has 1 aromatic carbocycles. The van der Waals surface area contributed by atoms with Crippen LogP contribution in [0.3, 0.4) is 0 Å². The lowest BCUT2D eigenvalue weighted by molar-refractivity contribution is 0.0599. The van der Waals surface area contributed by atoms with Gasteiger partial charge in [0.1, 0.15) is 10.4 Å². The predicted molar refractivity (Wildman–Crippen MR) is 73.2 cm³/mol. The van der Waals surface area contributed by atoms with Gasteiger partial charge in [-0.15, -0.1) is 0 Å². The summed E-state index contributed by atoms with van der Waals surface area (Å²) in [6, 6.07) is 6.80. The minimum atomic E-state index is -0.378. The van der Waals surface area contributed by atoms with Crippen molar-refractivity contribution in [2.75, 3.05) is 7.11 Å². The van der Waals surface area contributed by atoms with E-state index >= 15 is 0 Å². The van der Waals surface area contributed by atoms with E-state index in [-0.39, 0.29) is 11.7 Å². The van der Waals surface area contributed by atoms with Gasteiger partial charge in [-0.25, -0.2) is 9.78 Å². The molecule has 0 atom stereocenters. The van der Waals surface area contributed by atoms with Gasteiger partial charge in [0, 0.05) is 12.0 Å². The van der Waals surface area contributed by atoms with Gasteiger partial charge in [0.15, 0.2) is 0 Å². The fraction of sp³-hybridized carbons (Fsp3) is 0.143. The molecule has 1 aromatic heterocycles. The Bertz CT molecular complexity index is 697. The summed E-state index contributed by atoms with van der Waals surface area (Å²) < 4.78 is 5.39. The molecule has 1 aliphatic rings. The Hall–Kier alpha value is -1.88. The van der Waals surface area contributed by atoms with E-state index in [0.717, 1.165) is 22.4 Å². The number of benzene rings is 1. The Balaban J connectivity index is 2.24. The molecule has 0 bridgehead atoms. The summed E-state index contributed by atoms with van der Waals surface area (Å²) >= 11 is 3.31. The van der Waals surface area contributed by atoms with Crippen molar-refractivity contribution in [1.82, 2.24) is 4.98 Å². The SMILES string of the molecule is COC(=O)c1cc(Br)nc2c1Cc1cc(O)ccc1-2. The number of ether oxygens (including phenoxy) is 1. The van der Waals surface area contributed by atoms with Crippen LogP contribution in [0.5, 0.6) is 5.75 Å². The fourth-order valence-corrected chi connectivity index (χ4v) is 2.79. The van der Waals surface area contributed by atoms with Crippen LogP contribution in [0.1, 0.15) is 21.5 Å². The topological polar surface area (TPSA) is 59.4 Å². The summed E-state index contributed by atoms with van der Waals surface area (Å²) in [5, 5.41) is 9.53. The van der Waals surface area contributed by atoms with Crippen LogP contribution in [0.4, 0.5) is 0 Å². The molecule has 0 aliphatic heterocycles. The number of hydrogen-bond donors (Lipinski definition) is 1. The van der Waals surface area contributed by atoms with Crippen molar-refractivity contribution >= 4 is 21.9 Å². The molecule has 0 saturated carbocycles. The van der Waals surface area contributed by atoms with Gasteiger partial charge < -0.3 is 9.84 Å². The van der Waals surface area contributed by atoms with Crippen LogP contribution in [-0.4, -0.2) is 23.2 Å². The highest BCUT2D eigenvalue weighted by atomic mass is 79.9. The van der Waals surface area contributed by atoms with Crippen LogP contribution in [0, 0.1) is 0 Å². The van der Waals surface area contributed by atoms with Crippen LogP contribution in [0.2, 0.25) is 0 Å². The Morgan fingerprint density at radius 2 is 2.21 bits per heavy atom. The van der Waals surface area contributed by atoms with Gasteiger partial charge in [-0.05, 0) is 51.3 Å². The van der Waals surface area contributed by atoms with Crippen LogP contribution >= 0.6 is 15.9 Å².